The van der Waals surface area contributed by atoms with Crippen molar-refractivity contribution in [2.24, 2.45) is 23.0 Å². The van der Waals surface area contributed by atoms with Gasteiger partial charge in [-0.2, -0.15) is 9.97 Å². The number of carbonyl (C=O) groups excluding carboxylic acids is 1. The highest BCUT2D eigenvalue weighted by Crippen LogP contribution is 2.62. The Bertz CT molecular complexity index is 1520. The number of nitrogens with one attached hydrogen (secondary N) is 1. The van der Waals surface area contributed by atoms with Crippen molar-refractivity contribution in [2.45, 2.75) is 74.7 Å². The molecule has 238 valence electrons. The van der Waals surface area contributed by atoms with Gasteiger partial charge in [0.25, 0.3) is 0 Å². The molecule has 1 saturated heterocycles. The molecule has 43 heavy (non-hydrogen) atoms. The van der Waals surface area contributed by atoms with Crippen molar-refractivity contribution in [1.82, 2.24) is 19.5 Å². The lowest BCUT2D eigenvalue weighted by Gasteiger charge is -2.61. The fourth-order valence-corrected chi connectivity index (χ4v) is 10.6. The maximum atomic E-state index is 13.5. The fraction of sp³-hybridized carbons (Fsp3) is 0.739. The first-order chi connectivity index (χ1) is 20.0. The van der Waals surface area contributed by atoms with Crippen molar-refractivity contribution in [2.75, 3.05) is 17.8 Å². The molecule has 9 N–H and O–H groups in total. The number of aliphatic hydroxyl groups is 3. The number of halogens is 1. The van der Waals surface area contributed by atoms with Gasteiger partial charge in [-0.15, -0.1) is 0 Å². The summed E-state index contributed by atoms with van der Waals surface area (Å²) in [6.07, 6.45) is -0.340. The number of hydrogen-bond acceptors (Lipinski definition) is 12. The van der Waals surface area contributed by atoms with Gasteiger partial charge >= 0.3 is 15.2 Å². The van der Waals surface area contributed by atoms with Crippen LogP contribution in [0.1, 0.15) is 44.8 Å². The highest BCUT2D eigenvalue weighted by atomic mass is 35.5. The first kappa shape index (κ1) is 31.4. The number of aromatic nitrogens is 4. The molecule has 5 aliphatic rings. The van der Waals surface area contributed by atoms with Crippen molar-refractivity contribution in [3.05, 3.63) is 11.6 Å². The van der Waals surface area contributed by atoms with Gasteiger partial charge in [0, 0.05) is 0 Å². The topological polar surface area (TPSA) is 273 Å². The summed E-state index contributed by atoms with van der Waals surface area (Å²) in [6, 6.07) is -0.931. The maximum absolute atomic E-state index is 13.5. The van der Waals surface area contributed by atoms with Crippen LogP contribution in [0.15, 0.2) is 6.33 Å². The first-order valence-corrected chi connectivity index (χ1v) is 17.6. The third-order valence-corrected chi connectivity index (χ3v) is 12.7. The van der Waals surface area contributed by atoms with Crippen molar-refractivity contribution in [1.29, 1.82) is 0 Å². The quantitative estimate of drug-likeness (QED) is 0.130. The molecule has 10 atom stereocenters. The van der Waals surface area contributed by atoms with E-state index in [1.807, 2.05) is 0 Å². The van der Waals surface area contributed by atoms with Crippen molar-refractivity contribution in [3.8, 4) is 0 Å². The fourth-order valence-electron chi connectivity index (χ4n) is 7.84. The Labute approximate surface area is 249 Å². The summed E-state index contributed by atoms with van der Waals surface area (Å²) in [6.45, 7) is -0.775. The Morgan fingerprint density at radius 1 is 1.19 bits per heavy atom. The van der Waals surface area contributed by atoms with E-state index >= 15 is 0 Å². The van der Waals surface area contributed by atoms with Gasteiger partial charge in [-0.1, -0.05) is 0 Å². The summed E-state index contributed by atoms with van der Waals surface area (Å²) in [5.74, 6) is -1.37. The van der Waals surface area contributed by atoms with Crippen LogP contribution in [0.5, 0.6) is 0 Å². The van der Waals surface area contributed by atoms with Crippen LogP contribution in [0.4, 0.5) is 5.82 Å². The molecular formula is C23H33ClN6O11P2. The molecule has 0 spiro atoms. The standard InChI is InChI=1S/C23H33ClN6O11P2/c24-21-28-17(27-19(33)16(25)22-2-10-1-11(3-22)5-23(34,4-10)7-22)13-18(29-21)30(8-26-13)20-15(32)14(31)12(41-20)6-40-43(38,39)9-42(35,36)37/h8,10-12,14-16,20,31-32,34H,1-7,9,25H2,(H,38,39)(H2,35,36,37)(H,27,28,29,33)/t10-,11?,12-,14+,15+,16?,20-,22?,23?/m1/s1. The molecule has 2 aromatic rings. The Morgan fingerprint density at radius 3 is 2.49 bits per heavy atom. The molecule has 5 unspecified atom stereocenters. The number of carbonyl (C=O) groups is 1. The van der Waals surface area contributed by atoms with Gasteiger partial charge in [0.2, 0.25) is 11.2 Å². The molecule has 0 radical (unpaired) electrons. The zero-order valence-electron chi connectivity index (χ0n) is 22.6. The highest BCUT2D eigenvalue weighted by molar-refractivity contribution is 7.70. The van der Waals surface area contributed by atoms with E-state index in [9.17, 15) is 34.1 Å². The highest BCUT2D eigenvalue weighted by Gasteiger charge is 2.60. The van der Waals surface area contributed by atoms with E-state index in [-0.39, 0.29) is 22.3 Å². The number of fused-ring (bicyclic) bond motifs is 1. The second-order valence-corrected chi connectivity index (χ2v) is 16.8. The molecule has 20 heteroatoms. The van der Waals surface area contributed by atoms with Crippen LogP contribution in [0.3, 0.4) is 0 Å². The van der Waals surface area contributed by atoms with Gasteiger partial charge in [0.1, 0.15) is 18.3 Å². The molecule has 4 aliphatic carbocycles. The lowest BCUT2D eigenvalue weighted by Crippen LogP contribution is -2.63. The number of rotatable bonds is 9. The molecule has 5 fully saturated rings. The summed E-state index contributed by atoms with van der Waals surface area (Å²) in [7, 11) is -9.62. The van der Waals surface area contributed by atoms with Gasteiger partial charge in [-0.3, -0.25) is 18.5 Å². The average molecular weight is 667 g/mol. The maximum Gasteiger partial charge on any atom is 0.340 e. The van der Waals surface area contributed by atoms with Crippen molar-refractivity contribution >= 4 is 49.7 Å². The van der Waals surface area contributed by atoms with Crippen LogP contribution < -0.4 is 11.1 Å². The number of anilines is 1. The van der Waals surface area contributed by atoms with Crippen molar-refractivity contribution < 1.29 is 53.2 Å². The van der Waals surface area contributed by atoms with Crippen LogP contribution in [0.2, 0.25) is 5.28 Å². The van der Waals surface area contributed by atoms with Gasteiger partial charge in [0.15, 0.2) is 29.1 Å². The van der Waals surface area contributed by atoms with Gasteiger partial charge in [-0.25, -0.2) is 4.98 Å². The van der Waals surface area contributed by atoms with E-state index in [1.54, 1.807) is 0 Å². The van der Waals surface area contributed by atoms with E-state index in [2.05, 4.69) is 20.3 Å². The average Bonchev–Trinajstić information content (AvgIpc) is 3.40. The molecule has 3 heterocycles. The molecular weight excluding hydrogens is 634 g/mol. The van der Waals surface area contributed by atoms with Crippen LogP contribution >= 0.6 is 26.8 Å². The monoisotopic (exact) mass is 666 g/mol. The zero-order chi connectivity index (χ0) is 31.1. The smallest absolute Gasteiger partial charge is 0.340 e. The molecule has 2 aromatic heterocycles. The predicted molar refractivity (Wildman–Crippen MR) is 148 cm³/mol. The van der Waals surface area contributed by atoms with Crippen LogP contribution in [0, 0.1) is 17.3 Å². The molecule has 4 bridgehead atoms. The predicted octanol–water partition coefficient (Wildman–Crippen LogP) is 0.0332. The minimum atomic E-state index is -4.88. The molecule has 17 nitrogen and oxygen atoms in total. The van der Waals surface area contributed by atoms with E-state index in [0.717, 1.165) is 32.1 Å². The molecule has 4 saturated carbocycles. The summed E-state index contributed by atoms with van der Waals surface area (Å²) in [5.41, 5.74) is 5.28. The van der Waals surface area contributed by atoms with E-state index in [1.165, 1.54) is 10.9 Å². The van der Waals surface area contributed by atoms with Crippen LogP contribution in [0.25, 0.3) is 11.2 Å². The molecule has 7 rings (SSSR count). The third-order valence-electron chi connectivity index (χ3n) is 9.07. The summed E-state index contributed by atoms with van der Waals surface area (Å²) in [5, 5.41) is 34.7. The number of hydrogen-bond donors (Lipinski definition) is 8. The molecule has 0 aromatic carbocycles. The van der Waals surface area contributed by atoms with Gasteiger partial charge in [-0.05, 0) is 67.4 Å². The van der Waals surface area contributed by atoms with E-state index < -0.39 is 75.2 Å². The number of aliphatic hydroxyl groups excluding tert-OH is 2. The molecule has 1 aliphatic heterocycles. The number of imidazole rings is 1. The minimum absolute atomic E-state index is 0.0140. The summed E-state index contributed by atoms with van der Waals surface area (Å²) < 4.78 is 34.7. The number of nitrogens with two attached hydrogens (primary N) is 1. The second kappa shape index (κ2) is 10.7. The lowest BCUT2D eigenvalue weighted by molar-refractivity contribution is -0.172. The van der Waals surface area contributed by atoms with E-state index in [0.29, 0.717) is 18.3 Å². The van der Waals surface area contributed by atoms with Gasteiger partial charge in [0.05, 0.1) is 24.6 Å². The Hall–Kier alpha value is -1.59. The number of nitrogens with zero attached hydrogens (tertiary/aromatic N) is 4. The second-order valence-electron chi connectivity index (χ2n) is 12.5. The van der Waals surface area contributed by atoms with Gasteiger partial charge < -0.3 is 50.3 Å². The largest absolute Gasteiger partial charge is 0.390 e. The first-order valence-electron chi connectivity index (χ1n) is 13.7. The zero-order valence-corrected chi connectivity index (χ0v) is 25.2. The normalized spacial score (nSPS) is 37.5. The third kappa shape index (κ3) is 6.03. The number of ether oxygens (including phenoxy) is 1. The summed E-state index contributed by atoms with van der Waals surface area (Å²) in [4.78, 5) is 53.6. The summed E-state index contributed by atoms with van der Waals surface area (Å²) >= 11 is 6.17. The van der Waals surface area contributed by atoms with Crippen LogP contribution in [-0.4, -0.2) is 97.9 Å². The van der Waals surface area contributed by atoms with E-state index in [4.69, 9.17) is 36.4 Å². The Kier molecular flexibility index (Phi) is 7.85. The number of amides is 1. The Balaban J connectivity index is 1.20. The molecule has 1 amide bonds. The minimum Gasteiger partial charge on any atom is -0.390 e. The van der Waals surface area contributed by atoms with Crippen LogP contribution in [-0.2, 0) is 23.2 Å². The van der Waals surface area contributed by atoms with Crippen molar-refractivity contribution in [3.63, 3.8) is 0 Å². The SMILES string of the molecule is NC(C(=O)Nc1nc(Cl)nc2c1ncn2[C@@H]1O[C@H](COP(=O)(O)CP(=O)(O)O)[C@H](O)[C@@H]1O)C12CC3C[C@@H](CC(O)(C3)C1)C2. The lowest BCUT2D eigenvalue weighted by atomic mass is 9.46. The Morgan fingerprint density at radius 2 is 1.86 bits per heavy atom.